The van der Waals surface area contributed by atoms with Crippen LogP contribution in [0.3, 0.4) is 0 Å². The van der Waals surface area contributed by atoms with Crippen molar-refractivity contribution in [2.45, 2.75) is 44.7 Å². The first-order valence-corrected chi connectivity index (χ1v) is 11.9. The number of rotatable bonds is 8. The van der Waals surface area contributed by atoms with Crippen LogP contribution in [0.25, 0.3) is 0 Å². The lowest BCUT2D eigenvalue weighted by atomic mass is 10.1. The quantitative estimate of drug-likeness (QED) is 0.474. The first kappa shape index (κ1) is 22.8. The van der Waals surface area contributed by atoms with Crippen molar-refractivity contribution >= 4 is 34.8 Å². The van der Waals surface area contributed by atoms with Crippen LogP contribution in [0.2, 0.25) is 0 Å². The molecule has 0 radical (unpaired) electrons. The molecule has 3 aromatic rings. The number of hydrogen-bond donors (Lipinski definition) is 1. The molecular weight excluding hydrogens is 440 g/mol. The lowest BCUT2D eigenvalue weighted by Crippen LogP contribution is -2.46. The zero-order valence-corrected chi connectivity index (χ0v) is 19.2. The number of thiophene rings is 1. The van der Waals surface area contributed by atoms with Crippen molar-refractivity contribution in [1.82, 2.24) is 5.32 Å². The van der Waals surface area contributed by atoms with Crippen molar-refractivity contribution < 1.29 is 23.5 Å². The summed E-state index contributed by atoms with van der Waals surface area (Å²) in [5, 5.41) is 5.00. The number of benzene rings is 1. The second-order valence-electron chi connectivity index (χ2n) is 7.83. The number of amides is 2. The third kappa shape index (κ3) is 5.17. The van der Waals surface area contributed by atoms with Crippen molar-refractivity contribution in [3.8, 4) is 0 Å². The second kappa shape index (κ2) is 10.5. The van der Waals surface area contributed by atoms with Gasteiger partial charge in [-0.05, 0) is 61.5 Å². The maximum atomic E-state index is 13.6. The van der Waals surface area contributed by atoms with Crippen LogP contribution in [0.4, 0.5) is 5.69 Å². The Balaban J connectivity index is 1.78. The molecule has 8 heteroatoms. The minimum Gasteiger partial charge on any atom is -0.462 e. The average molecular weight is 467 g/mol. The Morgan fingerprint density at radius 3 is 2.64 bits per heavy atom. The first-order chi connectivity index (χ1) is 16.1. The highest BCUT2D eigenvalue weighted by Gasteiger charge is 2.36. The van der Waals surface area contributed by atoms with E-state index in [2.05, 4.69) is 5.32 Å². The van der Waals surface area contributed by atoms with Gasteiger partial charge in [0.15, 0.2) is 11.8 Å². The third-order valence-corrected chi connectivity index (χ3v) is 6.53. The molecule has 0 unspecified atom stereocenters. The highest BCUT2D eigenvalue weighted by Crippen LogP contribution is 2.33. The molecule has 1 aromatic carbocycles. The van der Waals surface area contributed by atoms with Crippen LogP contribution in [0.15, 0.2) is 64.6 Å². The molecule has 1 N–H and O–H groups in total. The maximum Gasteiger partial charge on any atom is 0.338 e. The van der Waals surface area contributed by atoms with Gasteiger partial charge in [0.05, 0.1) is 18.4 Å². The summed E-state index contributed by atoms with van der Waals surface area (Å²) in [5.41, 5.74) is 0.703. The zero-order valence-electron chi connectivity index (χ0n) is 18.4. The zero-order chi connectivity index (χ0) is 23.2. The molecule has 1 atom stereocenters. The van der Waals surface area contributed by atoms with Crippen molar-refractivity contribution in [2.24, 2.45) is 0 Å². The summed E-state index contributed by atoms with van der Waals surface area (Å²) < 4.78 is 10.5. The number of furan rings is 1. The van der Waals surface area contributed by atoms with E-state index in [-0.39, 0.29) is 24.3 Å². The lowest BCUT2D eigenvalue weighted by Gasteiger charge is -2.31. The highest BCUT2D eigenvalue weighted by atomic mass is 32.1. The number of hydrogen-bond acceptors (Lipinski definition) is 6. The van der Waals surface area contributed by atoms with Crippen LogP contribution in [-0.2, 0) is 9.53 Å². The average Bonchev–Trinajstić information content (AvgIpc) is 3.61. The Hall–Kier alpha value is -3.39. The monoisotopic (exact) mass is 466 g/mol. The Labute approximate surface area is 196 Å². The summed E-state index contributed by atoms with van der Waals surface area (Å²) in [6.07, 6.45) is 5.41. The van der Waals surface area contributed by atoms with Gasteiger partial charge in [-0.25, -0.2) is 4.79 Å². The number of nitrogens with one attached hydrogen (secondary N) is 1. The molecule has 2 heterocycles. The molecule has 7 nitrogen and oxygen atoms in total. The Morgan fingerprint density at radius 2 is 1.97 bits per heavy atom. The van der Waals surface area contributed by atoms with Crippen LogP contribution in [0, 0.1) is 0 Å². The molecule has 1 saturated carbocycles. The smallest absolute Gasteiger partial charge is 0.338 e. The van der Waals surface area contributed by atoms with Gasteiger partial charge in [-0.3, -0.25) is 14.5 Å². The van der Waals surface area contributed by atoms with Crippen molar-refractivity contribution in [3.63, 3.8) is 0 Å². The van der Waals surface area contributed by atoms with Crippen LogP contribution in [0.1, 0.15) is 64.4 Å². The van der Waals surface area contributed by atoms with Crippen molar-refractivity contribution in [1.29, 1.82) is 0 Å². The molecule has 1 aliphatic rings. The Bertz CT molecular complexity index is 1090. The normalized spacial score (nSPS) is 14.6. The van der Waals surface area contributed by atoms with E-state index in [0.29, 0.717) is 16.1 Å². The summed E-state index contributed by atoms with van der Waals surface area (Å²) in [4.78, 5) is 41.7. The van der Waals surface area contributed by atoms with Gasteiger partial charge in [0.25, 0.3) is 5.91 Å². The van der Waals surface area contributed by atoms with E-state index < -0.39 is 17.9 Å². The van der Waals surface area contributed by atoms with Crippen LogP contribution < -0.4 is 10.2 Å². The molecule has 2 amide bonds. The van der Waals surface area contributed by atoms with Gasteiger partial charge in [-0.1, -0.05) is 25.0 Å². The SMILES string of the molecule is CCOC(=O)c1cccc(N(C(=O)c2ccco2)[C@H](C(=O)NC2CCCC2)c2cccs2)c1. The fourth-order valence-electron chi connectivity index (χ4n) is 4.07. The van der Waals surface area contributed by atoms with Gasteiger partial charge in [-0.2, -0.15) is 0 Å². The van der Waals surface area contributed by atoms with Gasteiger partial charge in [0, 0.05) is 16.6 Å². The lowest BCUT2D eigenvalue weighted by molar-refractivity contribution is -0.123. The van der Waals surface area contributed by atoms with Gasteiger partial charge >= 0.3 is 5.97 Å². The molecule has 1 aliphatic carbocycles. The fourth-order valence-corrected chi connectivity index (χ4v) is 4.88. The number of carbonyl (C=O) groups excluding carboxylic acids is 3. The maximum absolute atomic E-state index is 13.6. The van der Waals surface area contributed by atoms with E-state index in [4.69, 9.17) is 9.15 Å². The Morgan fingerprint density at radius 1 is 1.15 bits per heavy atom. The second-order valence-corrected chi connectivity index (χ2v) is 8.81. The van der Waals surface area contributed by atoms with Gasteiger partial charge in [0.1, 0.15) is 0 Å². The highest BCUT2D eigenvalue weighted by molar-refractivity contribution is 7.10. The molecule has 172 valence electrons. The minimum absolute atomic E-state index is 0.0893. The number of nitrogens with zero attached hydrogens (tertiary/aromatic N) is 1. The number of carbonyl (C=O) groups is 3. The molecule has 2 aromatic heterocycles. The van der Waals surface area contributed by atoms with Crippen molar-refractivity contribution in [2.75, 3.05) is 11.5 Å². The topological polar surface area (TPSA) is 88.8 Å². The predicted octanol–water partition coefficient (Wildman–Crippen LogP) is 4.96. The van der Waals surface area contributed by atoms with Gasteiger partial charge in [0.2, 0.25) is 5.91 Å². The van der Waals surface area contributed by atoms with Crippen LogP contribution in [0.5, 0.6) is 0 Å². The molecule has 0 saturated heterocycles. The van der Waals surface area contributed by atoms with Crippen LogP contribution >= 0.6 is 11.3 Å². The summed E-state index contributed by atoms with van der Waals surface area (Å²) in [5.74, 6) is -1.12. The van der Waals surface area contributed by atoms with Gasteiger partial charge in [-0.15, -0.1) is 11.3 Å². The Kier molecular flexibility index (Phi) is 7.24. The van der Waals surface area contributed by atoms with E-state index in [9.17, 15) is 14.4 Å². The summed E-state index contributed by atoms with van der Waals surface area (Å²) in [7, 11) is 0. The molecule has 33 heavy (non-hydrogen) atoms. The molecule has 0 bridgehead atoms. The van der Waals surface area contributed by atoms with Crippen LogP contribution in [-0.4, -0.2) is 30.4 Å². The standard InChI is InChI=1S/C25H26N2O5S/c1-2-31-25(30)17-8-5-11-19(16-17)27(24(29)20-12-6-14-32-20)22(21-13-7-15-33-21)23(28)26-18-9-3-4-10-18/h5-8,11-16,18,22H,2-4,9-10H2,1H3,(H,26,28)/t22-/m0/s1. The van der Waals surface area contributed by atoms with E-state index in [1.807, 2.05) is 17.5 Å². The number of esters is 1. The molecular formula is C25H26N2O5S. The summed E-state index contributed by atoms with van der Waals surface area (Å²) >= 11 is 1.40. The number of ether oxygens (including phenoxy) is 1. The van der Waals surface area contributed by atoms with Gasteiger partial charge < -0.3 is 14.5 Å². The summed E-state index contributed by atoms with van der Waals surface area (Å²) in [6.45, 7) is 1.97. The minimum atomic E-state index is -0.916. The van der Waals surface area contributed by atoms with Crippen molar-refractivity contribution in [3.05, 3.63) is 76.4 Å². The molecule has 1 fully saturated rings. The van der Waals surface area contributed by atoms with E-state index in [1.54, 1.807) is 43.3 Å². The largest absolute Gasteiger partial charge is 0.462 e. The number of anilines is 1. The summed E-state index contributed by atoms with van der Waals surface area (Å²) in [6, 6.07) is 12.6. The van der Waals surface area contributed by atoms with E-state index >= 15 is 0 Å². The third-order valence-electron chi connectivity index (χ3n) is 5.61. The van der Waals surface area contributed by atoms with E-state index in [0.717, 1.165) is 25.7 Å². The molecule has 0 spiro atoms. The van der Waals surface area contributed by atoms with E-state index in [1.165, 1.54) is 22.5 Å². The predicted molar refractivity (Wildman–Crippen MR) is 125 cm³/mol. The molecule has 0 aliphatic heterocycles. The molecule has 4 rings (SSSR count). The first-order valence-electron chi connectivity index (χ1n) is 11.1. The fraction of sp³-hybridized carbons (Fsp3) is 0.320.